The molecule has 0 radical (unpaired) electrons. The van der Waals surface area contributed by atoms with Gasteiger partial charge in [-0.05, 0) is 75.8 Å². The summed E-state index contributed by atoms with van der Waals surface area (Å²) in [6.45, 7) is 0. The Labute approximate surface area is 291 Å². The summed E-state index contributed by atoms with van der Waals surface area (Å²) in [5.74, 6) is 0.605. The molecule has 50 heavy (non-hydrogen) atoms. The Morgan fingerprint density at radius 1 is 0.360 bits per heavy atom. The molecule has 0 N–H and O–H groups in total. The van der Waals surface area contributed by atoms with Crippen LogP contribution in [0.15, 0.2) is 199 Å². The van der Waals surface area contributed by atoms with Gasteiger partial charge in [-0.2, -0.15) is 0 Å². The van der Waals surface area contributed by atoms with Crippen molar-refractivity contribution in [1.29, 1.82) is 0 Å². The maximum atomic E-state index is 6.56. The van der Waals surface area contributed by atoms with Crippen molar-refractivity contribution in [2.24, 2.45) is 0 Å². The minimum Gasteiger partial charge on any atom is -0.435 e. The highest BCUT2D eigenvalue weighted by Gasteiger charge is 2.21. The third kappa shape index (κ3) is 5.51. The molecule has 1 aromatic heterocycles. The quantitative estimate of drug-likeness (QED) is 0.174. The number of fused-ring (bicyclic) bond motifs is 3. The van der Waals surface area contributed by atoms with Crippen LogP contribution in [0.4, 0.5) is 17.1 Å². The molecule has 3 heteroatoms. The molecule has 0 spiro atoms. The summed E-state index contributed by atoms with van der Waals surface area (Å²) in [5.41, 5.74) is 12.8. The van der Waals surface area contributed by atoms with Gasteiger partial charge < -0.3 is 9.32 Å². The van der Waals surface area contributed by atoms with Crippen LogP contribution in [0, 0.1) is 0 Å². The molecular weight excluding hydrogens is 609 g/mol. The number of oxazole rings is 1. The molecule has 1 heterocycles. The Morgan fingerprint density at radius 3 is 1.22 bits per heavy atom. The first-order chi connectivity index (χ1) is 24.8. The molecule has 0 aliphatic carbocycles. The standard InChI is InChI=1S/C47H32N2O/c1-4-12-33(13-5-1)36-20-22-39(23-21-36)47-48-44-32-45(42-18-10-11-19-43(42)46(44)50-47)49(40-28-24-37(25-29-40)34-14-6-2-7-15-34)41-30-26-38(27-31-41)35-16-8-3-9-17-35/h1-32H. The van der Waals surface area contributed by atoms with Crippen LogP contribution in [0.2, 0.25) is 0 Å². The number of benzene rings is 8. The highest BCUT2D eigenvalue weighted by molar-refractivity contribution is 6.12. The molecule has 0 saturated heterocycles. The molecule has 0 aliphatic heterocycles. The first-order valence-corrected chi connectivity index (χ1v) is 16.9. The average molecular weight is 641 g/mol. The van der Waals surface area contributed by atoms with E-state index in [0.29, 0.717) is 5.89 Å². The van der Waals surface area contributed by atoms with Crippen molar-refractivity contribution < 1.29 is 4.42 Å². The first-order valence-electron chi connectivity index (χ1n) is 16.9. The Kier molecular flexibility index (Phi) is 7.49. The minimum atomic E-state index is 0.605. The Bertz CT molecular complexity index is 2460. The van der Waals surface area contributed by atoms with Crippen LogP contribution in [0.3, 0.4) is 0 Å². The molecule has 0 saturated carbocycles. The maximum absolute atomic E-state index is 6.56. The lowest BCUT2D eigenvalue weighted by Crippen LogP contribution is -2.10. The molecule has 236 valence electrons. The SMILES string of the molecule is c1ccc(-c2ccc(-c3nc4cc(N(c5ccc(-c6ccccc6)cc5)c5ccc(-c6ccccc6)cc5)c5ccccc5c4o3)cc2)cc1. The molecule has 0 aliphatic rings. The molecule has 0 bridgehead atoms. The van der Waals surface area contributed by atoms with Gasteiger partial charge in [0.05, 0.1) is 5.69 Å². The fraction of sp³-hybridized carbons (Fsp3) is 0. The van der Waals surface area contributed by atoms with Crippen LogP contribution in [-0.4, -0.2) is 4.98 Å². The van der Waals surface area contributed by atoms with Gasteiger partial charge in [-0.25, -0.2) is 4.98 Å². The topological polar surface area (TPSA) is 29.3 Å². The molecule has 0 amide bonds. The third-order valence-electron chi connectivity index (χ3n) is 9.32. The van der Waals surface area contributed by atoms with Gasteiger partial charge in [0, 0.05) is 27.7 Å². The van der Waals surface area contributed by atoms with Gasteiger partial charge in [0.15, 0.2) is 5.58 Å². The van der Waals surface area contributed by atoms with Gasteiger partial charge in [0.1, 0.15) is 5.52 Å². The fourth-order valence-corrected chi connectivity index (χ4v) is 6.77. The summed E-state index contributed by atoms with van der Waals surface area (Å²) in [4.78, 5) is 7.41. The second-order valence-electron chi connectivity index (χ2n) is 12.4. The Balaban J connectivity index is 1.18. The van der Waals surface area contributed by atoms with E-state index in [2.05, 4.69) is 193 Å². The van der Waals surface area contributed by atoms with Crippen LogP contribution < -0.4 is 4.90 Å². The zero-order chi connectivity index (χ0) is 33.3. The van der Waals surface area contributed by atoms with E-state index in [1.807, 2.05) is 6.07 Å². The van der Waals surface area contributed by atoms with Gasteiger partial charge in [0.25, 0.3) is 0 Å². The number of hydrogen-bond donors (Lipinski definition) is 0. The first kappa shape index (κ1) is 29.4. The number of rotatable bonds is 7. The summed E-state index contributed by atoms with van der Waals surface area (Å²) >= 11 is 0. The van der Waals surface area contributed by atoms with Crippen molar-refractivity contribution in [2.45, 2.75) is 0 Å². The number of aromatic nitrogens is 1. The summed E-state index contributed by atoms with van der Waals surface area (Å²) in [7, 11) is 0. The maximum Gasteiger partial charge on any atom is 0.227 e. The number of anilines is 3. The van der Waals surface area contributed by atoms with Crippen LogP contribution in [-0.2, 0) is 0 Å². The van der Waals surface area contributed by atoms with Crippen molar-refractivity contribution in [2.75, 3.05) is 4.90 Å². The highest BCUT2D eigenvalue weighted by atomic mass is 16.3. The zero-order valence-corrected chi connectivity index (χ0v) is 27.3. The average Bonchev–Trinajstić information content (AvgIpc) is 3.64. The van der Waals surface area contributed by atoms with Crippen LogP contribution in [0.25, 0.3) is 66.7 Å². The van der Waals surface area contributed by atoms with Crippen molar-refractivity contribution in [3.05, 3.63) is 194 Å². The molecule has 0 unspecified atom stereocenters. The second kappa shape index (κ2) is 12.7. The van der Waals surface area contributed by atoms with E-state index >= 15 is 0 Å². The van der Waals surface area contributed by atoms with E-state index < -0.39 is 0 Å². The third-order valence-corrected chi connectivity index (χ3v) is 9.32. The zero-order valence-electron chi connectivity index (χ0n) is 27.3. The normalized spacial score (nSPS) is 11.2. The van der Waals surface area contributed by atoms with E-state index in [1.165, 1.54) is 27.8 Å². The van der Waals surface area contributed by atoms with Crippen LogP contribution in [0.1, 0.15) is 0 Å². The van der Waals surface area contributed by atoms with Gasteiger partial charge >= 0.3 is 0 Å². The van der Waals surface area contributed by atoms with E-state index in [0.717, 1.165) is 50.1 Å². The second-order valence-corrected chi connectivity index (χ2v) is 12.4. The van der Waals surface area contributed by atoms with E-state index in [9.17, 15) is 0 Å². The monoisotopic (exact) mass is 640 g/mol. The largest absolute Gasteiger partial charge is 0.435 e. The van der Waals surface area contributed by atoms with Crippen LogP contribution in [0.5, 0.6) is 0 Å². The van der Waals surface area contributed by atoms with Gasteiger partial charge in [-0.3, -0.25) is 0 Å². The Morgan fingerprint density at radius 2 is 0.740 bits per heavy atom. The molecule has 3 nitrogen and oxygen atoms in total. The Hall–Kier alpha value is -6.71. The molecule has 9 aromatic rings. The predicted octanol–water partition coefficient (Wildman–Crippen LogP) is 13.1. The minimum absolute atomic E-state index is 0.605. The molecule has 0 fully saturated rings. The number of hydrogen-bond acceptors (Lipinski definition) is 3. The predicted molar refractivity (Wildman–Crippen MR) is 208 cm³/mol. The smallest absolute Gasteiger partial charge is 0.227 e. The lowest BCUT2D eigenvalue weighted by atomic mass is 10.0. The van der Waals surface area contributed by atoms with Crippen molar-refractivity contribution in [1.82, 2.24) is 4.98 Å². The summed E-state index contributed by atoms with van der Waals surface area (Å²) in [5, 5.41) is 2.10. The van der Waals surface area contributed by atoms with Crippen molar-refractivity contribution in [3.8, 4) is 44.8 Å². The van der Waals surface area contributed by atoms with E-state index in [4.69, 9.17) is 9.40 Å². The van der Waals surface area contributed by atoms with E-state index in [1.54, 1.807) is 0 Å². The van der Waals surface area contributed by atoms with Crippen LogP contribution >= 0.6 is 0 Å². The summed E-state index contributed by atoms with van der Waals surface area (Å²) in [6, 6.07) is 68.1. The lowest BCUT2D eigenvalue weighted by molar-refractivity contribution is 0.623. The van der Waals surface area contributed by atoms with E-state index in [-0.39, 0.29) is 0 Å². The highest BCUT2D eigenvalue weighted by Crippen LogP contribution is 2.43. The van der Waals surface area contributed by atoms with Gasteiger partial charge in [-0.15, -0.1) is 0 Å². The number of nitrogens with zero attached hydrogens (tertiary/aromatic N) is 2. The molecule has 0 atom stereocenters. The van der Waals surface area contributed by atoms with Gasteiger partial charge in [0.2, 0.25) is 5.89 Å². The lowest BCUT2D eigenvalue weighted by Gasteiger charge is -2.27. The molecular formula is C47H32N2O. The van der Waals surface area contributed by atoms with Crippen molar-refractivity contribution >= 4 is 38.9 Å². The van der Waals surface area contributed by atoms with Crippen molar-refractivity contribution in [3.63, 3.8) is 0 Å². The summed E-state index contributed by atoms with van der Waals surface area (Å²) in [6.07, 6.45) is 0. The summed E-state index contributed by atoms with van der Waals surface area (Å²) < 4.78 is 6.56. The molecule has 9 rings (SSSR count). The molecule has 8 aromatic carbocycles. The van der Waals surface area contributed by atoms with Gasteiger partial charge in [-0.1, -0.05) is 152 Å². The fourth-order valence-electron chi connectivity index (χ4n) is 6.77.